The Hall–Kier alpha value is -1.10. The summed E-state index contributed by atoms with van der Waals surface area (Å²) in [4.78, 5) is 4.84. The fourth-order valence-corrected chi connectivity index (χ4v) is 3.61. The molecule has 1 aromatic rings. The summed E-state index contributed by atoms with van der Waals surface area (Å²) in [5, 5.41) is 0. The lowest BCUT2D eigenvalue weighted by molar-refractivity contribution is 0.193. The van der Waals surface area contributed by atoms with E-state index < -0.39 is 0 Å². The van der Waals surface area contributed by atoms with Crippen LogP contribution in [-0.4, -0.2) is 56.2 Å². The maximum atomic E-state index is 6.33. The van der Waals surface area contributed by atoms with Crippen LogP contribution in [0.15, 0.2) is 24.3 Å². The van der Waals surface area contributed by atoms with Crippen molar-refractivity contribution in [2.24, 2.45) is 11.7 Å². The number of benzene rings is 1. The number of likely N-dealkylation sites (N-methyl/N-ethyl adjacent to an activating group) is 1. The van der Waals surface area contributed by atoms with Gasteiger partial charge in [-0.3, -0.25) is 4.90 Å². The van der Waals surface area contributed by atoms with Gasteiger partial charge in [0.05, 0.1) is 13.2 Å². The minimum Gasteiger partial charge on any atom is -0.496 e. The first-order valence-corrected chi connectivity index (χ1v) is 7.74. The van der Waals surface area contributed by atoms with Gasteiger partial charge in [0.25, 0.3) is 0 Å². The van der Waals surface area contributed by atoms with Crippen LogP contribution in [-0.2, 0) is 0 Å². The average molecular weight is 291 g/mol. The number of methoxy groups -OCH3 is 1. The summed E-state index contributed by atoms with van der Waals surface area (Å²) < 4.78 is 5.54. The molecule has 1 saturated heterocycles. The van der Waals surface area contributed by atoms with E-state index in [2.05, 4.69) is 49.9 Å². The Morgan fingerprint density at radius 1 is 1.29 bits per heavy atom. The average Bonchev–Trinajstić information content (AvgIpc) is 2.81. The number of hydrogen-bond donors (Lipinski definition) is 1. The van der Waals surface area contributed by atoms with Crippen molar-refractivity contribution in [3.05, 3.63) is 29.8 Å². The summed E-state index contributed by atoms with van der Waals surface area (Å²) in [5.41, 5.74) is 7.52. The molecule has 0 saturated carbocycles. The Labute approximate surface area is 128 Å². The molecule has 4 atom stereocenters. The van der Waals surface area contributed by atoms with Gasteiger partial charge in [0, 0.05) is 30.7 Å². The van der Waals surface area contributed by atoms with Gasteiger partial charge in [-0.15, -0.1) is 0 Å². The van der Waals surface area contributed by atoms with Crippen LogP contribution in [0.1, 0.15) is 25.5 Å². The summed E-state index contributed by atoms with van der Waals surface area (Å²) in [6, 6.07) is 9.09. The number of nitrogens with zero attached hydrogens (tertiary/aromatic N) is 2. The van der Waals surface area contributed by atoms with Gasteiger partial charge in [-0.2, -0.15) is 0 Å². The number of rotatable bonds is 5. The molecule has 2 rings (SSSR count). The topological polar surface area (TPSA) is 41.7 Å². The first kappa shape index (κ1) is 16.3. The Morgan fingerprint density at radius 2 is 1.95 bits per heavy atom. The van der Waals surface area contributed by atoms with Gasteiger partial charge in [0.1, 0.15) is 5.75 Å². The van der Waals surface area contributed by atoms with Crippen molar-refractivity contribution in [1.29, 1.82) is 0 Å². The molecule has 118 valence electrons. The summed E-state index contributed by atoms with van der Waals surface area (Å²) >= 11 is 0. The fourth-order valence-electron chi connectivity index (χ4n) is 3.61. The molecular weight excluding hydrogens is 262 g/mol. The molecule has 1 aliphatic rings. The van der Waals surface area contributed by atoms with Gasteiger partial charge in [0.2, 0.25) is 0 Å². The molecule has 0 radical (unpaired) electrons. The summed E-state index contributed by atoms with van der Waals surface area (Å²) in [7, 11) is 6.05. The molecule has 1 aromatic carbocycles. The van der Waals surface area contributed by atoms with E-state index in [1.807, 2.05) is 12.1 Å². The van der Waals surface area contributed by atoms with Crippen LogP contribution in [0.2, 0.25) is 0 Å². The Morgan fingerprint density at radius 3 is 2.48 bits per heavy atom. The number of ether oxygens (including phenoxy) is 1. The monoisotopic (exact) mass is 291 g/mol. The van der Waals surface area contributed by atoms with Gasteiger partial charge in [0.15, 0.2) is 0 Å². The van der Waals surface area contributed by atoms with Crippen LogP contribution in [0.5, 0.6) is 5.75 Å². The Balaban J connectivity index is 2.28. The lowest BCUT2D eigenvalue weighted by Gasteiger charge is -2.32. The van der Waals surface area contributed by atoms with E-state index in [1.54, 1.807) is 7.11 Å². The maximum absolute atomic E-state index is 6.33. The van der Waals surface area contributed by atoms with Gasteiger partial charge in [-0.1, -0.05) is 25.1 Å². The molecule has 0 aliphatic carbocycles. The van der Waals surface area contributed by atoms with Crippen LogP contribution >= 0.6 is 0 Å². The highest BCUT2D eigenvalue weighted by Gasteiger charge is 2.37. The van der Waals surface area contributed by atoms with E-state index in [0.29, 0.717) is 12.0 Å². The number of likely N-dealkylation sites (tertiary alicyclic amines) is 1. The van der Waals surface area contributed by atoms with Gasteiger partial charge in [-0.05, 0) is 33.0 Å². The molecule has 0 amide bonds. The van der Waals surface area contributed by atoms with Crippen LogP contribution in [0, 0.1) is 5.92 Å². The van der Waals surface area contributed by atoms with E-state index in [9.17, 15) is 0 Å². The van der Waals surface area contributed by atoms with E-state index in [0.717, 1.165) is 18.8 Å². The van der Waals surface area contributed by atoms with Gasteiger partial charge < -0.3 is 15.4 Å². The van der Waals surface area contributed by atoms with Crippen molar-refractivity contribution in [2.45, 2.75) is 32.0 Å². The molecule has 0 spiro atoms. The third-order valence-electron chi connectivity index (χ3n) is 4.61. The van der Waals surface area contributed by atoms with Gasteiger partial charge >= 0.3 is 0 Å². The first-order chi connectivity index (χ1) is 9.95. The minimum absolute atomic E-state index is 0.0643. The molecule has 4 unspecified atom stereocenters. The molecule has 0 aromatic heterocycles. The van der Waals surface area contributed by atoms with E-state index in [-0.39, 0.29) is 12.1 Å². The third kappa shape index (κ3) is 3.39. The van der Waals surface area contributed by atoms with Crippen molar-refractivity contribution in [1.82, 2.24) is 9.80 Å². The zero-order valence-corrected chi connectivity index (χ0v) is 13.9. The highest BCUT2D eigenvalue weighted by Crippen LogP contribution is 2.35. The first-order valence-electron chi connectivity index (χ1n) is 7.74. The van der Waals surface area contributed by atoms with Crippen LogP contribution in [0.3, 0.4) is 0 Å². The second kappa shape index (κ2) is 6.77. The highest BCUT2D eigenvalue weighted by molar-refractivity contribution is 5.37. The summed E-state index contributed by atoms with van der Waals surface area (Å²) in [6.07, 6.45) is 0. The number of para-hydroxylation sites is 1. The third-order valence-corrected chi connectivity index (χ3v) is 4.61. The van der Waals surface area contributed by atoms with E-state index in [4.69, 9.17) is 10.5 Å². The SMILES string of the molecule is COc1ccccc1C(C(C)N)N1CC(C)C(N(C)C)C1. The zero-order valence-electron chi connectivity index (χ0n) is 13.9. The standard InChI is InChI=1S/C17H29N3O/c1-12-10-20(11-15(12)19(3)4)17(13(2)18)14-8-6-7-9-16(14)21-5/h6-9,12-13,15,17H,10-11,18H2,1-5H3. The van der Waals surface area contributed by atoms with Crippen molar-refractivity contribution >= 4 is 0 Å². The second-order valence-electron chi connectivity index (χ2n) is 6.51. The number of hydrogen-bond acceptors (Lipinski definition) is 4. The van der Waals surface area contributed by atoms with E-state index >= 15 is 0 Å². The lowest BCUT2D eigenvalue weighted by atomic mass is 9.98. The van der Waals surface area contributed by atoms with E-state index in [1.165, 1.54) is 5.56 Å². The molecule has 21 heavy (non-hydrogen) atoms. The van der Waals surface area contributed by atoms with Crippen molar-refractivity contribution in [2.75, 3.05) is 34.3 Å². The maximum Gasteiger partial charge on any atom is 0.123 e. The quantitative estimate of drug-likeness (QED) is 0.900. The summed E-state index contributed by atoms with van der Waals surface area (Å²) in [6.45, 7) is 6.54. The predicted molar refractivity (Wildman–Crippen MR) is 87.6 cm³/mol. The predicted octanol–water partition coefficient (Wildman–Crippen LogP) is 1.97. The second-order valence-corrected chi connectivity index (χ2v) is 6.51. The molecule has 4 nitrogen and oxygen atoms in total. The summed E-state index contributed by atoms with van der Waals surface area (Å²) in [5.74, 6) is 1.58. The van der Waals surface area contributed by atoms with Gasteiger partial charge in [-0.25, -0.2) is 0 Å². The Kier molecular flexibility index (Phi) is 5.25. The molecule has 1 heterocycles. The molecule has 2 N–H and O–H groups in total. The van der Waals surface area contributed by atoms with Crippen LogP contribution < -0.4 is 10.5 Å². The molecule has 1 aliphatic heterocycles. The lowest BCUT2D eigenvalue weighted by Crippen LogP contribution is -2.40. The van der Waals surface area contributed by atoms with Crippen LogP contribution in [0.4, 0.5) is 0 Å². The normalized spacial score (nSPS) is 26.0. The molecule has 0 bridgehead atoms. The van der Waals surface area contributed by atoms with Crippen LogP contribution in [0.25, 0.3) is 0 Å². The zero-order chi connectivity index (χ0) is 15.6. The minimum atomic E-state index is 0.0643. The molecular formula is C17H29N3O. The largest absolute Gasteiger partial charge is 0.496 e. The fraction of sp³-hybridized carbons (Fsp3) is 0.647. The van der Waals surface area contributed by atoms with Crippen molar-refractivity contribution < 1.29 is 4.74 Å². The molecule has 4 heteroatoms. The molecule has 1 fully saturated rings. The van der Waals surface area contributed by atoms with Crippen molar-refractivity contribution in [3.63, 3.8) is 0 Å². The number of nitrogens with two attached hydrogens (primary N) is 1. The smallest absolute Gasteiger partial charge is 0.123 e. The van der Waals surface area contributed by atoms with Crippen molar-refractivity contribution in [3.8, 4) is 5.75 Å². The highest BCUT2D eigenvalue weighted by atomic mass is 16.5. The Bertz CT molecular complexity index is 461.